The van der Waals surface area contributed by atoms with Crippen LogP contribution in [0.5, 0.6) is 5.75 Å². The molecule has 4 atom stereocenters. The number of anilines is 1. The van der Waals surface area contributed by atoms with Crippen LogP contribution in [0.4, 0.5) is 11.4 Å². The van der Waals surface area contributed by atoms with E-state index in [9.17, 15) is 29.8 Å². The number of ether oxygens (including phenoxy) is 1. The SMILES string of the molecule is COCC1=C2[C@@H](CC/C(=C/c3ccc(O)c4ccccc34)c3ccccn3)OB(O)C[C@@H]2[C@@H]2C(=O)N(c3cccc([N+](=O)[O-])c3)C(=O)[C@@H]2C1. The molecule has 0 unspecified atom stereocenters. The number of non-ortho nitro benzene ring substituents is 1. The first-order chi connectivity index (χ1) is 23.7. The molecule has 11 nitrogen and oxygen atoms in total. The zero-order valence-electron chi connectivity index (χ0n) is 26.8. The second-order valence-corrected chi connectivity index (χ2v) is 12.7. The summed E-state index contributed by atoms with van der Waals surface area (Å²) < 4.78 is 11.8. The third-order valence-electron chi connectivity index (χ3n) is 9.86. The number of methoxy groups -OCH3 is 1. The minimum Gasteiger partial charge on any atom is -0.507 e. The number of amides is 2. The normalized spacial score (nSPS) is 22.4. The van der Waals surface area contributed by atoms with Crippen molar-refractivity contribution >= 4 is 52.7 Å². The summed E-state index contributed by atoms with van der Waals surface area (Å²) in [4.78, 5) is 44.5. The van der Waals surface area contributed by atoms with Crippen molar-refractivity contribution in [1.29, 1.82) is 0 Å². The number of aromatic nitrogens is 1. The number of imide groups is 1. The number of hydrogen-bond donors (Lipinski definition) is 2. The Kier molecular flexibility index (Phi) is 8.85. The highest BCUT2D eigenvalue weighted by molar-refractivity contribution is 6.43. The number of nitrogens with zero attached hydrogens (tertiary/aromatic N) is 3. The van der Waals surface area contributed by atoms with Crippen molar-refractivity contribution in [3.8, 4) is 5.75 Å². The first kappa shape index (κ1) is 32.4. The van der Waals surface area contributed by atoms with Gasteiger partial charge >= 0.3 is 7.12 Å². The number of benzene rings is 3. The minimum absolute atomic E-state index is 0.129. The molecule has 1 aliphatic carbocycles. The van der Waals surface area contributed by atoms with E-state index in [1.807, 2.05) is 48.5 Å². The van der Waals surface area contributed by atoms with Gasteiger partial charge in [0.15, 0.2) is 0 Å². The van der Waals surface area contributed by atoms with Gasteiger partial charge in [-0.3, -0.25) is 24.7 Å². The molecule has 0 saturated carbocycles. The average Bonchev–Trinajstić information content (AvgIpc) is 3.36. The molecule has 1 aromatic heterocycles. The Balaban J connectivity index is 1.23. The first-order valence-corrected chi connectivity index (χ1v) is 16.2. The number of carbonyl (C=O) groups excluding carboxylic acids is 2. The predicted molar refractivity (Wildman–Crippen MR) is 184 cm³/mol. The number of hydrogen-bond acceptors (Lipinski definition) is 9. The molecule has 2 fully saturated rings. The summed E-state index contributed by atoms with van der Waals surface area (Å²) in [6, 6.07) is 22.4. The molecule has 0 radical (unpaired) electrons. The zero-order valence-corrected chi connectivity index (χ0v) is 26.8. The second-order valence-electron chi connectivity index (χ2n) is 12.7. The molecule has 49 heavy (non-hydrogen) atoms. The fourth-order valence-corrected chi connectivity index (χ4v) is 7.80. The van der Waals surface area contributed by atoms with Crippen LogP contribution in [0, 0.1) is 27.9 Å². The Hall–Kier alpha value is -5.17. The maximum Gasteiger partial charge on any atom is 0.455 e. The van der Waals surface area contributed by atoms with Crippen LogP contribution >= 0.6 is 0 Å². The van der Waals surface area contributed by atoms with Crippen LogP contribution in [-0.2, 0) is 19.0 Å². The van der Waals surface area contributed by atoms with Crippen LogP contribution in [0.25, 0.3) is 22.4 Å². The van der Waals surface area contributed by atoms with Crippen LogP contribution in [-0.4, -0.2) is 58.8 Å². The lowest BCUT2D eigenvalue weighted by Crippen LogP contribution is -2.46. The fraction of sp³-hybridized carbons (Fsp3) is 0.270. The number of rotatable bonds is 9. The van der Waals surface area contributed by atoms with E-state index in [0.717, 1.165) is 43.6 Å². The van der Waals surface area contributed by atoms with E-state index in [-0.39, 0.29) is 36.5 Å². The van der Waals surface area contributed by atoms with Crippen molar-refractivity contribution in [2.24, 2.45) is 17.8 Å². The van der Waals surface area contributed by atoms with Crippen LogP contribution in [0.1, 0.15) is 30.5 Å². The summed E-state index contributed by atoms with van der Waals surface area (Å²) in [6.07, 6.45) is 4.56. The molecular formula is C37H34BN3O8. The molecule has 3 heterocycles. The van der Waals surface area contributed by atoms with E-state index < -0.39 is 47.7 Å². The molecule has 3 aromatic carbocycles. The van der Waals surface area contributed by atoms with Crippen LogP contribution in [0.3, 0.4) is 0 Å². The molecule has 2 amide bonds. The third kappa shape index (κ3) is 6.03. The molecule has 2 saturated heterocycles. The van der Waals surface area contributed by atoms with Gasteiger partial charge in [0.05, 0.1) is 40.9 Å². The summed E-state index contributed by atoms with van der Waals surface area (Å²) in [5, 5.41) is 34.6. The number of phenolic OH excluding ortho intramolecular Hbond substituents is 1. The van der Waals surface area contributed by atoms with Crippen molar-refractivity contribution in [3.05, 3.63) is 118 Å². The smallest absolute Gasteiger partial charge is 0.455 e. The van der Waals surface area contributed by atoms with Crippen molar-refractivity contribution in [2.75, 3.05) is 18.6 Å². The Bertz CT molecular complexity index is 2020. The molecule has 4 aromatic rings. The third-order valence-corrected chi connectivity index (χ3v) is 9.86. The van der Waals surface area contributed by atoms with Crippen LogP contribution < -0.4 is 4.90 Å². The summed E-state index contributed by atoms with van der Waals surface area (Å²) in [7, 11) is 0.405. The quantitative estimate of drug-likeness (QED) is 0.0745. The summed E-state index contributed by atoms with van der Waals surface area (Å²) in [5.41, 5.74) is 4.27. The molecule has 3 aliphatic rings. The monoisotopic (exact) mass is 659 g/mol. The Morgan fingerprint density at radius 2 is 1.86 bits per heavy atom. The van der Waals surface area contributed by atoms with E-state index in [1.54, 1.807) is 19.4 Å². The van der Waals surface area contributed by atoms with Gasteiger partial charge in [-0.25, -0.2) is 4.90 Å². The molecule has 2 N–H and O–H groups in total. The number of carbonyl (C=O) groups is 2. The van der Waals surface area contributed by atoms with Gasteiger partial charge in [-0.2, -0.15) is 0 Å². The van der Waals surface area contributed by atoms with Gasteiger partial charge in [0.25, 0.3) is 5.69 Å². The second kappa shape index (κ2) is 13.4. The molecule has 2 aliphatic heterocycles. The van der Waals surface area contributed by atoms with Crippen LogP contribution in [0.2, 0.25) is 6.32 Å². The summed E-state index contributed by atoms with van der Waals surface area (Å²) in [5.74, 6) is -2.58. The Labute approximate surface area is 282 Å². The van der Waals surface area contributed by atoms with Crippen molar-refractivity contribution in [2.45, 2.75) is 31.7 Å². The molecule has 7 rings (SSSR count). The number of allylic oxidation sites excluding steroid dienone is 1. The van der Waals surface area contributed by atoms with Crippen molar-refractivity contribution < 1.29 is 34.0 Å². The predicted octanol–water partition coefficient (Wildman–Crippen LogP) is 5.82. The van der Waals surface area contributed by atoms with Gasteiger partial charge in [-0.15, -0.1) is 0 Å². The minimum atomic E-state index is -1.17. The van der Waals surface area contributed by atoms with Gasteiger partial charge in [-0.1, -0.05) is 42.5 Å². The summed E-state index contributed by atoms with van der Waals surface area (Å²) in [6.45, 7) is 0.228. The van der Waals surface area contributed by atoms with E-state index >= 15 is 0 Å². The highest BCUT2D eigenvalue weighted by atomic mass is 16.6. The highest BCUT2D eigenvalue weighted by Crippen LogP contribution is 2.51. The average molecular weight is 660 g/mol. The maximum absolute atomic E-state index is 14.1. The van der Waals surface area contributed by atoms with Crippen LogP contribution in [0.15, 0.2) is 96.2 Å². The molecular weight excluding hydrogens is 625 g/mol. The van der Waals surface area contributed by atoms with E-state index in [2.05, 4.69) is 11.1 Å². The largest absolute Gasteiger partial charge is 0.507 e. The first-order valence-electron chi connectivity index (χ1n) is 16.2. The lowest BCUT2D eigenvalue weighted by Gasteiger charge is -2.43. The van der Waals surface area contributed by atoms with Gasteiger partial charge in [0.2, 0.25) is 11.8 Å². The number of pyridine rings is 1. The van der Waals surface area contributed by atoms with Gasteiger partial charge in [0, 0.05) is 30.8 Å². The Morgan fingerprint density at radius 3 is 2.61 bits per heavy atom. The van der Waals surface area contributed by atoms with E-state index in [4.69, 9.17) is 9.39 Å². The summed E-state index contributed by atoms with van der Waals surface area (Å²) >= 11 is 0. The Morgan fingerprint density at radius 1 is 1.06 bits per heavy atom. The lowest BCUT2D eigenvalue weighted by atomic mass is 9.58. The standard InChI is InChI=1S/C37H34BN3O8/c1-48-21-24-18-29-35(37(44)40(36(29)43)25-7-6-8-26(19-25)41(46)47)30-20-38(45)49-33(34(24)30)15-13-23(31-11-4-5-16-39-31)17-22-12-14-32(42)28-10-3-2-9-27(22)28/h2-12,14,16-17,19,29-30,33,35,42,45H,13,15,18,20-21H2,1H3/b23-17-/t29-,30+,33-,35-/m1/s1. The van der Waals surface area contributed by atoms with E-state index in [1.165, 1.54) is 24.3 Å². The van der Waals surface area contributed by atoms with Gasteiger partial charge in [0.1, 0.15) is 5.75 Å². The van der Waals surface area contributed by atoms with E-state index in [0.29, 0.717) is 12.8 Å². The highest BCUT2D eigenvalue weighted by Gasteiger charge is 2.57. The number of phenols is 1. The zero-order chi connectivity index (χ0) is 34.2. The molecule has 0 bridgehead atoms. The fourth-order valence-electron chi connectivity index (χ4n) is 7.80. The molecule has 0 spiro atoms. The lowest BCUT2D eigenvalue weighted by molar-refractivity contribution is -0.384. The maximum atomic E-state index is 14.1. The topological polar surface area (TPSA) is 152 Å². The number of nitro groups is 1. The van der Waals surface area contributed by atoms with Gasteiger partial charge < -0.3 is 19.5 Å². The van der Waals surface area contributed by atoms with Crippen molar-refractivity contribution in [1.82, 2.24) is 4.98 Å². The number of fused-ring (bicyclic) bond motifs is 4. The number of nitro benzene ring substituents is 1. The van der Waals surface area contributed by atoms with Gasteiger partial charge in [-0.05, 0) is 89.5 Å². The molecule has 248 valence electrons. The van der Waals surface area contributed by atoms with Crippen molar-refractivity contribution in [3.63, 3.8) is 0 Å². The number of aromatic hydroxyl groups is 1. The molecule has 12 heteroatoms.